The van der Waals surface area contributed by atoms with Crippen molar-refractivity contribution < 1.29 is 23.4 Å². The van der Waals surface area contributed by atoms with Crippen LogP contribution in [0.25, 0.3) is 0 Å². The molecule has 0 saturated heterocycles. The maximum atomic E-state index is 13.4. The SMILES string of the molecule is COC1=NC(C)=C(C(=O)O)C(c2ccc(F)c(F)c2)N1C. The third-order valence-electron chi connectivity index (χ3n) is 3.29. The van der Waals surface area contributed by atoms with Crippen molar-refractivity contribution in [3.05, 3.63) is 46.7 Å². The van der Waals surface area contributed by atoms with Crippen molar-refractivity contribution in [2.75, 3.05) is 14.2 Å². The molecule has 2 rings (SSSR count). The maximum absolute atomic E-state index is 13.4. The topological polar surface area (TPSA) is 62.1 Å². The second kappa shape index (κ2) is 5.51. The summed E-state index contributed by atoms with van der Waals surface area (Å²) >= 11 is 0. The first kappa shape index (κ1) is 15.0. The zero-order valence-electron chi connectivity index (χ0n) is 11.7. The Kier molecular flexibility index (Phi) is 3.93. The minimum absolute atomic E-state index is 0.00990. The Morgan fingerprint density at radius 1 is 1.38 bits per heavy atom. The molecule has 0 spiro atoms. The molecule has 1 aliphatic heterocycles. The van der Waals surface area contributed by atoms with Crippen molar-refractivity contribution in [1.29, 1.82) is 0 Å². The third-order valence-corrected chi connectivity index (χ3v) is 3.29. The molecule has 0 saturated carbocycles. The Hall–Kier alpha value is -2.44. The summed E-state index contributed by atoms with van der Waals surface area (Å²) in [5.41, 5.74) is 0.550. The van der Waals surface area contributed by atoms with Gasteiger partial charge in [0.05, 0.1) is 24.4 Å². The number of hydrogen-bond acceptors (Lipinski definition) is 4. The van der Waals surface area contributed by atoms with Crippen LogP contribution in [-0.4, -0.2) is 36.2 Å². The summed E-state index contributed by atoms with van der Waals surface area (Å²) in [6, 6.07) is 2.67. The lowest BCUT2D eigenvalue weighted by Crippen LogP contribution is -2.38. The molecular formula is C14H14F2N2O3. The van der Waals surface area contributed by atoms with Crippen molar-refractivity contribution in [1.82, 2.24) is 4.90 Å². The second-order valence-electron chi connectivity index (χ2n) is 4.59. The minimum Gasteiger partial charge on any atom is -0.478 e. The van der Waals surface area contributed by atoms with Gasteiger partial charge in [0.2, 0.25) is 0 Å². The molecular weight excluding hydrogens is 282 g/mol. The van der Waals surface area contributed by atoms with Gasteiger partial charge in [0.25, 0.3) is 6.02 Å². The summed E-state index contributed by atoms with van der Waals surface area (Å²) < 4.78 is 31.6. The van der Waals surface area contributed by atoms with Crippen molar-refractivity contribution in [3.63, 3.8) is 0 Å². The highest BCUT2D eigenvalue weighted by Crippen LogP contribution is 2.34. The van der Waals surface area contributed by atoms with Gasteiger partial charge in [-0.2, -0.15) is 0 Å². The van der Waals surface area contributed by atoms with Gasteiger partial charge in [0.15, 0.2) is 11.6 Å². The van der Waals surface area contributed by atoms with Crippen LogP contribution in [0.4, 0.5) is 8.78 Å². The highest BCUT2D eigenvalue weighted by molar-refractivity contribution is 5.92. The van der Waals surface area contributed by atoms with E-state index in [-0.39, 0.29) is 17.3 Å². The average molecular weight is 296 g/mol. The van der Waals surface area contributed by atoms with Crippen LogP contribution in [0.2, 0.25) is 0 Å². The van der Waals surface area contributed by atoms with Gasteiger partial charge >= 0.3 is 5.97 Å². The fourth-order valence-electron chi connectivity index (χ4n) is 2.32. The van der Waals surface area contributed by atoms with E-state index in [2.05, 4.69) is 4.99 Å². The normalized spacial score (nSPS) is 18.6. The van der Waals surface area contributed by atoms with Crippen LogP contribution >= 0.6 is 0 Å². The largest absolute Gasteiger partial charge is 0.478 e. The number of aliphatic imine (C=N–C) groups is 1. The van der Waals surface area contributed by atoms with E-state index in [1.807, 2.05) is 0 Å². The van der Waals surface area contributed by atoms with E-state index in [4.69, 9.17) is 4.74 Å². The number of allylic oxidation sites excluding steroid dienone is 1. The molecule has 0 aromatic heterocycles. The molecule has 0 bridgehead atoms. The van der Waals surface area contributed by atoms with Crippen molar-refractivity contribution in [2.24, 2.45) is 4.99 Å². The number of rotatable bonds is 2. The number of carbonyl (C=O) groups is 1. The van der Waals surface area contributed by atoms with Crippen LogP contribution in [-0.2, 0) is 9.53 Å². The number of nitrogens with zero attached hydrogens (tertiary/aromatic N) is 2. The fourth-order valence-corrected chi connectivity index (χ4v) is 2.32. The highest BCUT2D eigenvalue weighted by Gasteiger charge is 2.34. The van der Waals surface area contributed by atoms with Crippen LogP contribution in [0.1, 0.15) is 18.5 Å². The molecule has 1 atom stereocenters. The number of methoxy groups -OCH3 is 1. The number of likely N-dealkylation sites (N-methyl/N-ethyl adjacent to an activating group) is 1. The number of amidine groups is 1. The molecule has 0 radical (unpaired) electrons. The Bertz CT molecular complexity index is 656. The molecule has 1 aromatic rings. The van der Waals surface area contributed by atoms with E-state index in [9.17, 15) is 18.7 Å². The Labute approximate surface area is 120 Å². The number of benzene rings is 1. The molecule has 5 nitrogen and oxygen atoms in total. The lowest BCUT2D eigenvalue weighted by Gasteiger charge is -2.34. The third kappa shape index (κ3) is 2.58. The zero-order chi connectivity index (χ0) is 15.7. The predicted molar refractivity (Wildman–Crippen MR) is 71.6 cm³/mol. The summed E-state index contributed by atoms with van der Waals surface area (Å²) in [6.07, 6.45) is 0. The number of halogens is 2. The lowest BCUT2D eigenvalue weighted by atomic mass is 9.95. The molecule has 1 N–H and O–H groups in total. The van der Waals surface area contributed by atoms with E-state index in [1.54, 1.807) is 7.05 Å². The number of carboxylic acid groups (broad SMARTS) is 1. The Morgan fingerprint density at radius 3 is 2.57 bits per heavy atom. The number of ether oxygens (including phenoxy) is 1. The predicted octanol–water partition coefficient (Wildman–Crippen LogP) is 2.31. The first-order valence-corrected chi connectivity index (χ1v) is 6.11. The molecule has 0 fully saturated rings. The highest BCUT2D eigenvalue weighted by atomic mass is 19.2. The second-order valence-corrected chi connectivity index (χ2v) is 4.59. The zero-order valence-corrected chi connectivity index (χ0v) is 11.7. The van der Waals surface area contributed by atoms with Gasteiger partial charge < -0.3 is 14.7 Å². The van der Waals surface area contributed by atoms with E-state index >= 15 is 0 Å². The lowest BCUT2D eigenvalue weighted by molar-refractivity contribution is -0.133. The van der Waals surface area contributed by atoms with Crippen molar-refractivity contribution in [3.8, 4) is 0 Å². The Balaban J connectivity index is 2.60. The van der Waals surface area contributed by atoms with Crippen LogP contribution in [0.15, 0.2) is 34.5 Å². The quantitative estimate of drug-likeness (QED) is 0.909. The van der Waals surface area contributed by atoms with E-state index in [0.29, 0.717) is 5.56 Å². The monoisotopic (exact) mass is 296 g/mol. The van der Waals surface area contributed by atoms with Gasteiger partial charge in [-0.25, -0.2) is 18.6 Å². The number of hydrogen-bond donors (Lipinski definition) is 1. The first-order valence-electron chi connectivity index (χ1n) is 6.11. The molecule has 1 aromatic carbocycles. The molecule has 1 unspecified atom stereocenters. The molecule has 0 aliphatic carbocycles. The summed E-state index contributed by atoms with van der Waals surface area (Å²) in [4.78, 5) is 17.0. The van der Waals surface area contributed by atoms with Gasteiger partial charge in [-0.05, 0) is 24.6 Å². The summed E-state index contributed by atoms with van der Waals surface area (Å²) in [6.45, 7) is 1.53. The summed E-state index contributed by atoms with van der Waals surface area (Å²) in [5.74, 6) is -3.20. The van der Waals surface area contributed by atoms with Crippen LogP contribution < -0.4 is 0 Å². The molecule has 21 heavy (non-hydrogen) atoms. The van der Waals surface area contributed by atoms with Gasteiger partial charge in [-0.3, -0.25) is 0 Å². The van der Waals surface area contributed by atoms with Gasteiger partial charge in [-0.15, -0.1) is 0 Å². The minimum atomic E-state index is -1.17. The van der Waals surface area contributed by atoms with E-state index < -0.39 is 23.6 Å². The molecule has 1 aliphatic rings. The van der Waals surface area contributed by atoms with E-state index in [0.717, 1.165) is 12.1 Å². The first-order chi connectivity index (χ1) is 9.86. The van der Waals surface area contributed by atoms with E-state index in [1.165, 1.54) is 25.0 Å². The van der Waals surface area contributed by atoms with Crippen LogP contribution in [0.5, 0.6) is 0 Å². The maximum Gasteiger partial charge on any atom is 0.335 e. The molecule has 0 amide bonds. The van der Waals surface area contributed by atoms with Gasteiger partial charge in [0, 0.05) is 7.05 Å². The number of aliphatic carboxylic acids is 1. The van der Waals surface area contributed by atoms with Crippen LogP contribution in [0.3, 0.4) is 0 Å². The summed E-state index contributed by atoms with van der Waals surface area (Å²) in [5, 5.41) is 9.38. The fraction of sp³-hybridized carbons (Fsp3) is 0.286. The average Bonchev–Trinajstić information content (AvgIpc) is 2.43. The molecule has 1 heterocycles. The molecule has 7 heteroatoms. The van der Waals surface area contributed by atoms with Crippen molar-refractivity contribution in [2.45, 2.75) is 13.0 Å². The molecule has 112 valence electrons. The number of carboxylic acids is 1. The van der Waals surface area contributed by atoms with Gasteiger partial charge in [0.1, 0.15) is 0 Å². The van der Waals surface area contributed by atoms with Gasteiger partial charge in [-0.1, -0.05) is 6.07 Å². The smallest absolute Gasteiger partial charge is 0.335 e. The standard InChI is InChI=1S/C14H14F2N2O3/c1-7-11(13(19)20)12(18(2)14(17-7)21-3)8-4-5-9(15)10(16)6-8/h4-6,12H,1-3H3,(H,19,20). The Morgan fingerprint density at radius 2 is 2.05 bits per heavy atom. The van der Waals surface area contributed by atoms with Crippen molar-refractivity contribution >= 4 is 12.0 Å². The van der Waals surface area contributed by atoms with Crippen LogP contribution in [0, 0.1) is 11.6 Å². The summed E-state index contributed by atoms with van der Waals surface area (Å²) in [7, 11) is 2.97.